The van der Waals surface area contributed by atoms with Crippen molar-refractivity contribution < 1.29 is 0 Å². The highest BCUT2D eigenvalue weighted by Gasteiger charge is 2.05. The lowest BCUT2D eigenvalue weighted by molar-refractivity contribution is 0.539. The van der Waals surface area contributed by atoms with Gasteiger partial charge in [0.1, 0.15) is 18.7 Å². The van der Waals surface area contributed by atoms with Crippen molar-refractivity contribution in [3.05, 3.63) is 30.1 Å². The van der Waals surface area contributed by atoms with Gasteiger partial charge < -0.3 is 5.73 Å². The second kappa shape index (κ2) is 5.58. The molecule has 2 aromatic rings. The molecule has 0 amide bonds. The van der Waals surface area contributed by atoms with Gasteiger partial charge in [-0.1, -0.05) is 6.92 Å². The van der Waals surface area contributed by atoms with E-state index in [2.05, 4.69) is 22.1 Å². The van der Waals surface area contributed by atoms with Crippen LogP contribution < -0.4 is 5.73 Å². The lowest BCUT2D eigenvalue weighted by Gasteiger charge is -2.04. The van der Waals surface area contributed by atoms with Crippen molar-refractivity contribution in [1.29, 1.82) is 0 Å². The van der Waals surface area contributed by atoms with E-state index in [1.807, 2.05) is 21.8 Å². The van der Waals surface area contributed by atoms with Gasteiger partial charge in [0.25, 0.3) is 0 Å². The third-order valence-corrected chi connectivity index (χ3v) is 2.55. The van der Waals surface area contributed by atoms with Crippen molar-refractivity contribution >= 4 is 0 Å². The second-order valence-corrected chi connectivity index (χ2v) is 3.98. The van der Waals surface area contributed by atoms with Crippen LogP contribution in [-0.2, 0) is 19.5 Å². The topological polar surface area (TPSA) is 74.5 Å². The molecule has 17 heavy (non-hydrogen) atoms. The fourth-order valence-electron chi connectivity index (χ4n) is 1.74. The minimum absolute atomic E-state index is 0.651. The molecule has 0 atom stereocenters. The maximum Gasteiger partial charge on any atom is 0.148 e. The molecule has 0 aliphatic carbocycles. The van der Waals surface area contributed by atoms with Crippen LogP contribution in [0.15, 0.2) is 18.7 Å². The minimum atomic E-state index is 0.651. The molecule has 0 radical (unpaired) electrons. The molecule has 0 bridgehead atoms. The van der Waals surface area contributed by atoms with Crippen LogP contribution >= 0.6 is 0 Å². The highest BCUT2D eigenvalue weighted by Crippen LogP contribution is 2.02. The van der Waals surface area contributed by atoms with Crippen LogP contribution in [0.2, 0.25) is 0 Å². The third kappa shape index (κ3) is 2.91. The van der Waals surface area contributed by atoms with Crippen LogP contribution in [0.25, 0.3) is 0 Å². The predicted molar refractivity (Wildman–Crippen MR) is 64.4 cm³/mol. The van der Waals surface area contributed by atoms with Gasteiger partial charge in [-0.05, 0) is 24.9 Å². The largest absolute Gasteiger partial charge is 0.330 e. The van der Waals surface area contributed by atoms with Gasteiger partial charge >= 0.3 is 0 Å². The van der Waals surface area contributed by atoms with Gasteiger partial charge in [0.05, 0.1) is 6.20 Å². The molecule has 2 rings (SSSR count). The Bertz CT molecular complexity index is 458. The summed E-state index contributed by atoms with van der Waals surface area (Å²) in [5.74, 6) is 0.939. The Morgan fingerprint density at radius 1 is 1.35 bits per heavy atom. The summed E-state index contributed by atoms with van der Waals surface area (Å²) in [5.41, 5.74) is 6.67. The number of nitrogens with two attached hydrogens (primary N) is 1. The molecule has 0 fully saturated rings. The minimum Gasteiger partial charge on any atom is -0.330 e. The van der Waals surface area contributed by atoms with Crippen LogP contribution in [0.1, 0.15) is 24.7 Å². The highest BCUT2D eigenvalue weighted by molar-refractivity contribution is 5.05. The van der Waals surface area contributed by atoms with Crippen molar-refractivity contribution in [2.45, 2.75) is 32.9 Å². The fourth-order valence-corrected chi connectivity index (χ4v) is 1.74. The molecule has 2 heterocycles. The average molecular weight is 234 g/mol. The van der Waals surface area contributed by atoms with Gasteiger partial charge in [-0.2, -0.15) is 10.2 Å². The van der Waals surface area contributed by atoms with Crippen molar-refractivity contribution in [2.75, 3.05) is 6.54 Å². The molecule has 0 saturated carbocycles. The molecule has 0 aromatic carbocycles. The van der Waals surface area contributed by atoms with Crippen LogP contribution in [-0.4, -0.2) is 31.1 Å². The molecule has 0 aliphatic rings. The maximum absolute atomic E-state index is 5.51. The molecule has 6 heteroatoms. The predicted octanol–water partition coefficient (Wildman–Crippen LogP) is 0.434. The summed E-state index contributed by atoms with van der Waals surface area (Å²) in [5, 5.41) is 8.48. The Morgan fingerprint density at radius 2 is 2.24 bits per heavy atom. The summed E-state index contributed by atoms with van der Waals surface area (Å²) < 4.78 is 3.80. The number of aromatic nitrogens is 5. The van der Waals surface area contributed by atoms with Crippen molar-refractivity contribution in [3.8, 4) is 0 Å². The molecule has 2 N–H and O–H groups in total. The zero-order valence-corrected chi connectivity index (χ0v) is 10.1. The van der Waals surface area contributed by atoms with E-state index in [9.17, 15) is 0 Å². The van der Waals surface area contributed by atoms with Crippen molar-refractivity contribution in [3.63, 3.8) is 0 Å². The summed E-state index contributed by atoms with van der Waals surface area (Å²) in [6, 6.07) is 0. The van der Waals surface area contributed by atoms with Crippen molar-refractivity contribution in [1.82, 2.24) is 24.5 Å². The Kier molecular flexibility index (Phi) is 3.87. The normalized spacial score (nSPS) is 10.9. The maximum atomic E-state index is 5.51. The Hall–Kier alpha value is -1.69. The standard InChI is InChI=1S/C11H18N6/c1-2-5-17-11(13-9-15-17)8-16-7-10(3-4-12)6-14-16/h6-7,9H,2-5,8,12H2,1H3. The van der Waals surface area contributed by atoms with Crippen molar-refractivity contribution in [2.24, 2.45) is 5.73 Å². The molecule has 92 valence electrons. The summed E-state index contributed by atoms with van der Waals surface area (Å²) >= 11 is 0. The molecule has 0 spiro atoms. The molecule has 6 nitrogen and oxygen atoms in total. The number of nitrogens with zero attached hydrogens (tertiary/aromatic N) is 5. The van der Waals surface area contributed by atoms with E-state index < -0.39 is 0 Å². The van der Waals surface area contributed by atoms with E-state index in [0.717, 1.165) is 30.8 Å². The third-order valence-electron chi connectivity index (χ3n) is 2.55. The second-order valence-electron chi connectivity index (χ2n) is 3.98. The Labute approximate surface area is 100 Å². The molecule has 0 unspecified atom stereocenters. The first-order valence-electron chi connectivity index (χ1n) is 5.91. The molecule has 0 aliphatic heterocycles. The van der Waals surface area contributed by atoms with E-state index in [1.54, 1.807) is 6.33 Å². The Balaban J connectivity index is 2.05. The highest BCUT2D eigenvalue weighted by atomic mass is 15.4. The lowest BCUT2D eigenvalue weighted by atomic mass is 10.3. The summed E-state index contributed by atoms with van der Waals surface area (Å²) in [6.45, 7) is 4.33. The van der Waals surface area contributed by atoms with Gasteiger partial charge in [-0.15, -0.1) is 0 Å². The van der Waals surface area contributed by atoms with Crippen LogP contribution in [0.4, 0.5) is 0 Å². The molecule has 2 aromatic heterocycles. The molecular weight excluding hydrogens is 216 g/mol. The summed E-state index contributed by atoms with van der Waals surface area (Å²) in [6.07, 6.45) is 7.37. The van der Waals surface area contributed by atoms with E-state index >= 15 is 0 Å². The number of hydrogen-bond donors (Lipinski definition) is 1. The quantitative estimate of drug-likeness (QED) is 0.786. The number of rotatable bonds is 6. The monoisotopic (exact) mass is 234 g/mol. The number of hydrogen-bond acceptors (Lipinski definition) is 4. The van der Waals surface area contributed by atoms with Gasteiger partial charge in [0, 0.05) is 12.7 Å². The van der Waals surface area contributed by atoms with Gasteiger partial charge in [-0.25, -0.2) is 9.67 Å². The van der Waals surface area contributed by atoms with Crippen LogP contribution in [0.3, 0.4) is 0 Å². The van der Waals surface area contributed by atoms with Gasteiger partial charge in [0.15, 0.2) is 0 Å². The van der Waals surface area contributed by atoms with E-state index in [-0.39, 0.29) is 0 Å². The van der Waals surface area contributed by atoms with E-state index in [4.69, 9.17) is 5.73 Å². The first-order chi connectivity index (χ1) is 8.33. The molecular formula is C11H18N6. The van der Waals surface area contributed by atoms with Gasteiger partial charge in [0.2, 0.25) is 0 Å². The van der Waals surface area contributed by atoms with Crippen LogP contribution in [0, 0.1) is 0 Å². The number of aryl methyl sites for hydroxylation is 1. The lowest BCUT2D eigenvalue weighted by Crippen LogP contribution is -2.10. The Morgan fingerprint density at radius 3 is 3.00 bits per heavy atom. The first-order valence-corrected chi connectivity index (χ1v) is 5.91. The first kappa shape index (κ1) is 11.8. The summed E-state index contributed by atoms with van der Waals surface area (Å²) in [4.78, 5) is 4.25. The SMILES string of the molecule is CCCn1ncnc1Cn1cc(CCN)cn1. The van der Waals surface area contributed by atoms with E-state index in [1.165, 1.54) is 0 Å². The van der Waals surface area contributed by atoms with Crippen LogP contribution in [0.5, 0.6) is 0 Å². The van der Waals surface area contributed by atoms with E-state index in [0.29, 0.717) is 13.1 Å². The average Bonchev–Trinajstić information content (AvgIpc) is 2.91. The fraction of sp³-hybridized carbons (Fsp3) is 0.545. The molecule has 0 saturated heterocycles. The zero-order valence-electron chi connectivity index (χ0n) is 10.1. The van der Waals surface area contributed by atoms with Gasteiger partial charge in [-0.3, -0.25) is 4.68 Å². The zero-order chi connectivity index (χ0) is 12.1. The summed E-state index contributed by atoms with van der Waals surface area (Å²) in [7, 11) is 0. The smallest absolute Gasteiger partial charge is 0.148 e.